The predicted octanol–water partition coefficient (Wildman–Crippen LogP) is 3.26. The SMILES string of the molecule is CCc1nsc(Sc2cccc(F)c2C#N)n1. The summed E-state index contributed by atoms with van der Waals surface area (Å²) in [5.74, 6) is 0.269. The second-order valence-corrected chi connectivity index (χ2v) is 5.20. The summed E-state index contributed by atoms with van der Waals surface area (Å²) in [7, 11) is 0. The number of hydrogen-bond acceptors (Lipinski definition) is 5. The monoisotopic (exact) mass is 265 g/mol. The van der Waals surface area contributed by atoms with Gasteiger partial charge in [-0.25, -0.2) is 9.37 Å². The zero-order chi connectivity index (χ0) is 12.3. The predicted molar refractivity (Wildman–Crippen MR) is 64.5 cm³/mol. The lowest BCUT2D eigenvalue weighted by atomic mass is 10.2. The first-order valence-electron chi connectivity index (χ1n) is 4.93. The maximum Gasteiger partial charge on any atom is 0.174 e. The Labute approximate surface area is 106 Å². The normalized spacial score (nSPS) is 10.2. The van der Waals surface area contributed by atoms with Crippen LogP contribution in [0.5, 0.6) is 0 Å². The van der Waals surface area contributed by atoms with Gasteiger partial charge in [0.05, 0.1) is 0 Å². The van der Waals surface area contributed by atoms with Crippen LogP contribution in [-0.2, 0) is 6.42 Å². The van der Waals surface area contributed by atoms with Crippen LogP contribution in [0.4, 0.5) is 4.39 Å². The van der Waals surface area contributed by atoms with Crippen LogP contribution in [0.15, 0.2) is 27.4 Å². The van der Waals surface area contributed by atoms with E-state index >= 15 is 0 Å². The molecule has 0 bridgehead atoms. The molecule has 0 aliphatic heterocycles. The van der Waals surface area contributed by atoms with Crippen molar-refractivity contribution >= 4 is 23.3 Å². The van der Waals surface area contributed by atoms with E-state index in [2.05, 4.69) is 9.36 Å². The molecular formula is C11H8FN3S2. The molecule has 1 aromatic carbocycles. The van der Waals surface area contributed by atoms with Gasteiger partial charge in [-0.15, -0.1) is 0 Å². The topological polar surface area (TPSA) is 49.6 Å². The molecule has 6 heteroatoms. The summed E-state index contributed by atoms with van der Waals surface area (Å²) in [5, 5.41) is 8.89. The zero-order valence-electron chi connectivity index (χ0n) is 8.98. The van der Waals surface area contributed by atoms with Gasteiger partial charge in [0.25, 0.3) is 0 Å². The Hall–Kier alpha value is -1.45. The molecule has 1 heterocycles. The summed E-state index contributed by atoms with van der Waals surface area (Å²) >= 11 is 2.54. The fraction of sp³-hybridized carbons (Fsp3) is 0.182. The highest BCUT2D eigenvalue weighted by molar-refractivity contribution is 8.01. The first-order chi connectivity index (χ1) is 8.24. The van der Waals surface area contributed by atoms with E-state index < -0.39 is 5.82 Å². The van der Waals surface area contributed by atoms with Crippen LogP contribution < -0.4 is 0 Å². The van der Waals surface area contributed by atoms with Crippen molar-refractivity contribution in [2.75, 3.05) is 0 Å². The number of halogens is 1. The van der Waals surface area contributed by atoms with Crippen LogP contribution in [0, 0.1) is 17.1 Å². The van der Waals surface area contributed by atoms with Crippen LogP contribution >= 0.6 is 23.3 Å². The fourth-order valence-corrected chi connectivity index (χ4v) is 2.98. The molecule has 3 nitrogen and oxygen atoms in total. The number of rotatable bonds is 3. The number of nitrogens with zero attached hydrogens (tertiary/aromatic N) is 3. The quantitative estimate of drug-likeness (QED) is 0.854. The van der Waals surface area contributed by atoms with E-state index in [9.17, 15) is 4.39 Å². The van der Waals surface area contributed by atoms with Gasteiger partial charge in [-0.05, 0) is 23.7 Å². The largest absolute Gasteiger partial charge is 0.213 e. The minimum atomic E-state index is -0.502. The van der Waals surface area contributed by atoms with Crippen LogP contribution in [0.2, 0.25) is 0 Å². The molecule has 1 aromatic heterocycles. The van der Waals surface area contributed by atoms with Crippen molar-refractivity contribution in [3.05, 3.63) is 35.4 Å². The van der Waals surface area contributed by atoms with E-state index in [0.29, 0.717) is 4.90 Å². The molecule has 0 aliphatic rings. The van der Waals surface area contributed by atoms with Gasteiger partial charge in [0.1, 0.15) is 23.3 Å². The number of hydrogen-bond donors (Lipinski definition) is 0. The molecule has 0 fully saturated rings. The summed E-state index contributed by atoms with van der Waals surface area (Å²) < 4.78 is 18.2. The first-order valence-corrected chi connectivity index (χ1v) is 6.52. The Morgan fingerprint density at radius 2 is 2.35 bits per heavy atom. The molecule has 2 aromatic rings. The summed E-state index contributed by atoms with van der Waals surface area (Å²) in [6.07, 6.45) is 0.769. The Kier molecular flexibility index (Phi) is 3.71. The van der Waals surface area contributed by atoms with Crippen molar-refractivity contribution < 1.29 is 4.39 Å². The highest BCUT2D eigenvalue weighted by atomic mass is 32.2. The van der Waals surface area contributed by atoms with E-state index in [4.69, 9.17) is 5.26 Å². The number of aromatic nitrogens is 2. The van der Waals surface area contributed by atoms with Gasteiger partial charge < -0.3 is 0 Å². The standard InChI is InChI=1S/C11H8FN3S2/c1-2-10-14-11(17-15-10)16-9-5-3-4-8(12)7(9)6-13/h3-5H,2H2,1H3. The van der Waals surface area contributed by atoms with Crippen molar-refractivity contribution in [2.24, 2.45) is 0 Å². The summed E-state index contributed by atoms with van der Waals surface area (Å²) in [5.41, 5.74) is 0.0609. The lowest BCUT2D eigenvalue weighted by molar-refractivity contribution is 0.620. The van der Waals surface area contributed by atoms with Crippen molar-refractivity contribution in [1.82, 2.24) is 9.36 Å². The van der Waals surface area contributed by atoms with Crippen LogP contribution in [0.25, 0.3) is 0 Å². The molecule has 0 unspecified atom stereocenters. The highest BCUT2D eigenvalue weighted by Gasteiger charge is 2.11. The molecule has 0 saturated heterocycles. The van der Waals surface area contributed by atoms with Crippen molar-refractivity contribution in [2.45, 2.75) is 22.6 Å². The Morgan fingerprint density at radius 1 is 1.53 bits per heavy atom. The molecule has 0 N–H and O–H groups in total. The van der Waals surface area contributed by atoms with Crippen LogP contribution in [0.3, 0.4) is 0 Å². The maximum absolute atomic E-state index is 13.4. The summed E-state index contributed by atoms with van der Waals surface area (Å²) in [4.78, 5) is 4.84. The molecule has 0 aliphatic carbocycles. The van der Waals surface area contributed by atoms with Gasteiger partial charge in [-0.2, -0.15) is 9.64 Å². The first kappa shape index (κ1) is 12.0. The number of nitriles is 1. The van der Waals surface area contributed by atoms with Gasteiger partial charge in [0.15, 0.2) is 4.34 Å². The maximum atomic E-state index is 13.4. The third-order valence-corrected chi connectivity index (χ3v) is 3.90. The average molecular weight is 265 g/mol. The molecular weight excluding hydrogens is 257 g/mol. The second-order valence-electron chi connectivity index (χ2n) is 3.16. The van der Waals surface area contributed by atoms with Crippen molar-refractivity contribution in [1.29, 1.82) is 5.26 Å². The zero-order valence-corrected chi connectivity index (χ0v) is 10.6. The fourth-order valence-electron chi connectivity index (χ4n) is 1.21. The Bertz CT molecular complexity index is 574. The molecule has 2 rings (SSSR count). The highest BCUT2D eigenvalue weighted by Crippen LogP contribution is 2.32. The lowest BCUT2D eigenvalue weighted by Gasteiger charge is -2.00. The third-order valence-electron chi connectivity index (χ3n) is 2.05. The van der Waals surface area contributed by atoms with E-state index in [-0.39, 0.29) is 5.56 Å². The third kappa shape index (κ3) is 2.62. The number of aryl methyl sites for hydroxylation is 1. The smallest absolute Gasteiger partial charge is 0.174 e. The average Bonchev–Trinajstić information content (AvgIpc) is 2.77. The van der Waals surface area contributed by atoms with Crippen LogP contribution in [-0.4, -0.2) is 9.36 Å². The summed E-state index contributed by atoms with van der Waals surface area (Å²) in [6.45, 7) is 1.97. The van der Waals surface area contributed by atoms with Crippen molar-refractivity contribution in [3.63, 3.8) is 0 Å². The van der Waals surface area contributed by atoms with Gasteiger partial charge in [-0.3, -0.25) is 0 Å². The van der Waals surface area contributed by atoms with E-state index in [0.717, 1.165) is 16.6 Å². The molecule has 0 amide bonds. The minimum Gasteiger partial charge on any atom is -0.213 e. The van der Waals surface area contributed by atoms with E-state index in [1.807, 2.05) is 13.0 Å². The molecule has 86 valence electrons. The molecule has 0 radical (unpaired) electrons. The Morgan fingerprint density at radius 3 is 3.00 bits per heavy atom. The van der Waals surface area contributed by atoms with Gasteiger partial charge >= 0.3 is 0 Å². The van der Waals surface area contributed by atoms with Gasteiger partial charge in [-0.1, -0.05) is 24.8 Å². The molecule has 0 spiro atoms. The van der Waals surface area contributed by atoms with E-state index in [1.54, 1.807) is 12.1 Å². The molecule has 0 saturated carbocycles. The summed E-state index contributed by atoms with van der Waals surface area (Å²) in [6, 6.07) is 6.43. The molecule has 17 heavy (non-hydrogen) atoms. The molecule has 0 atom stereocenters. The van der Waals surface area contributed by atoms with E-state index in [1.165, 1.54) is 29.4 Å². The lowest BCUT2D eigenvalue weighted by Crippen LogP contribution is -1.87. The van der Waals surface area contributed by atoms with Crippen LogP contribution in [0.1, 0.15) is 18.3 Å². The number of benzene rings is 1. The van der Waals surface area contributed by atoms with Gasteiger partial charge in [0, 0.05) is 11.3 Å². The Balaban J connectivity index is 2.30. The van der Waals surface area contributed by atoms with Gasteiger partial charge in [0.2, 0.25) is 0 Å². The minimum absolute atomic E-state index is 0.0609. The second kappa shape index (κ2) is 5.25. The van der Waals surface area contributed by atoms with Crippen molar-refractivity contribution in [3.8, 4) is 6.07 Å².